The number of aryl methyl sites for hydroxylation is 2. The van der Waals surface area contributed by atoms with Crippen LogP contribution in [0.25, 0.3) is 0 Å². The van der Waals surface area contributed by atoms with Crippen LogP contribution in [-0.4, -0.2) is 26.8 Å². The zero-order valence-corrected chi connectivity index (χ0v) is 10.7. The summed E-state index contributed by atoms with van der Waals surface area (Å²) in [4.78, 5) is 0.344. The first-order chi connectivity index (χ1) is 7.30. The second kappa shape index (κ2) is 4.40. The summed E-state index contributed by atoms with van der Waals surface area (Å²) in [5.41, 5.74) is 4.57. The van der Waals surface area contributed by atoms with Crippen LogP contribution in [0, 0.1) is 13.8 Å². The monoisotopic (exact) mass is 243 g/mol. The summed E-state index contributed by atoms with van der Waals surface area (Å²) in [7, 11) is -0.364. The van der Waals surface area contributed by atoms with Crippen LogP contribution >= 0.6 is 0 Å². The summed E-state index contributed by atoms with van der Waals surface area (Å²) in [5.74, 6) is 5.30. The molecule has 0 unspecified atom stereocenters. The van der Waals surface area contributed by atoms with E-state index in [9.17, 15) is 8.42 Å². The molecular formula is C10H17N3O2S. The number of sulfonamides is 1. The third-order valence-corrected chi connectivity index (χ3v) is 4.49. The summed E-state index contributed by atoms with van der Waals surface area (Å²) >= 11 is 0. The van der Waals surface area contributed by atoms with E-state index in [4.69, 9.17) is 5.84 Å². The van der Waals surface area contributed by atoms with Crippen molar-refractivity contribution in [2.24, 2.45) is 5.84 Å². The Morgan fingerprint density at radius 3 is 1.94 bits per heavy atom. The molecule has 0 atom stereocenters. The molecule has 0 aromatic heterocycles. The third-order valence-electron chi connectivity index (χ3n) is 2.37. The van der Waals surface area contributed by atoms with Gasteiger partial charge in [0, 0.05) is 19.8 Å². The lowest BCUT2D eigenvalue weighted by atomic mass is 10.1. The van der Waals surface area contributed by atoms with Crippen molar-refractivity contribution in [2.75, 3.05) is 19.5 Å². The molecule has 0 aliphatic carbocycles. The van der Waals surface area contributed by atoms with Crippen molar-refractivity contribution >= 4 is 15.7 Å². The summed E-state index contributed by atoms with van der Waals surface area (Å²) in [5, 5.41) is 0. The predicted molar refractivity (Wildman–Crippen MR) is 64.6 cm³/mol. The Bertz CT molecular complexity index is 472. The minimum absolute atomic E-state index is 0.344. The largest absolute Gasteiger partial charge is 0.324 e. The summed E-state index contributed by atoms with van der Waals surface area (Å²) in [6.07, 6.45) is 0. The van der Waals surface area contributed by atoms with Crippen molar-refractivity contribution < 1.29 is 8.42 Å². The molecule has 0 saturated heterocycles. The van der Waals surface area contributed by atoms with Gasteiger partial charge in [0.15, 0.2) is 0 Å². The number of nitrogens with one attached hydrogen (secondary N) is 1. The van der Waals surface area contributed by atoms with Crippen LogP contribution in [0.4, 0.5) is 5.69 Å². The van der Waals surface area contributed by atoms with E-state index < -0.39 is 10.0 Å². The molecule has 1 aromatic rings. The van der Waals surface area contributed by atoms with Gasteiger partial charge >= 0.3 is 0 Å². The fourth-order valence-electron chi connectivity index (χ4n) is 1.62. The van der Waals surface area contributed by atoms with Gasteiger partial charge in [-0.1, -0.05) is 0 Å². The van der Waals surface area contributed by atoms with Crippen molar-refractivity contribution in [3.8, 4) is 0 Å². The average Bonchev–Trinajstić information content (AvgIpc) is 2.15. The van der Waals surface area contributed by atoms with Crippen molar-refractivity contribution in [1.29, 1.82) is 0 Å². The molecular weight excluding hydrogens is 226 g/mol. The fraction of sp³-hybridized carbons (Fsp3) is 0.400. The van der Waals surface area contributed by atoms with Crippen molar-refractivity contribution in [2.45, 2.75) is 18.7 Å². The van der Waals surface area contributed by atoms with Crippen LogP contribution in [0.15, 0.2) is 17.0 Å². The maximum atomic E-state index is 12.0. The van der Waals surface area contributed by atoms with Crippen LogP contribution in [-0.2, 0) is 10.0 Å². The molecule has 0 spiro atoms. The lowest BCUT2D eigenvalue weighted by Gasteiger charge is -2.17. The molecule has 16 heavy (non-hydrogen) atoms. The molecule has 1 aromatic carbocycles. The highest BCUT2D eigenvalue weighted by Gasteiger charge is 2.22. The molecule has 0 saturated carbocycles. The normalized spacial score (nSPS) is 11.9. The first-order valence-corrected chi connectivity index (χ1v) is 6.25. The number of hydrogen-bond donors (Lipinski definition) is 2. The quantitative estimate of drug-likeness (QED) is 0.609. The molecule has 0 aliphatic heterocycles. The molecule has 0 radical (unpaired) electrons. The summed E-state index contributed by atoms with van der Waals surface area (Å²) in [6.45, 7) is 3.51. The van der Waals surface area contributed by atoms with Crippen LogP contribution < -0.4 is 11.3 Å². The second-order valence-electron chi connectivity index (χ2n) is 3.87. The highest BCUT2D eigenvalue weighted by Crippen LogP contribution is 2.25. The number of nitrogens with two attached hydrogens (primary N) is 1. The number of anilines is 1. The smallest absolute Gasteiger partial charge is 0.243 e. The Balaban J connectivity index is 3.48. The van der Waals surface area contributed by atoms with Crippen molar-refractivity contribution in [3.63, 3.8) is 0 Å². The number of rotatable bonds is 3. The molecule has 6 heteroatoms. The molecule has 0 amide bonds. The Morgan fingerprint density at radius 2 is 1.62 bits per heavy atom. The summed E-state index contributed by atoms with van der Waals surface area (Å²) < 4.78 is 25.3. The van der Waals surface area contributed by atoms with Gasteiger partial charge in [0.05, 0.1) is 4.90 Å². The average molecular weight is 243 g/mol. The first kappa shape index (κ1) is 13.0. The number of hydrogen-bond acceptors (Lipinski definition) is 4. The SMILES string of the molecule is Cc1cc(NN)cc(C)c1S(=O)(=O)N(C)C. The number of nitrogen functional groups attached to an aromatic ring is 1. The molecule has 0 heterocycles. The minimum atomic E-state index is -3.40. The van der Waals surface area contributed by atoms with Gasteiger partial charge in [-0.2, -0.15) is 0 Å². The van der Waals surface area contributed by atoms with Gasteiger partial charge in [-0.25, -0.2) is 12.7 Å². The Hall–Kier alpha value is -1.11. The van der Waals surface area contributed by atoms with Crippen LogP contribution in [0.5, 0.6) is 0 Å². The van der Waals surface area contributed by atoms with Gasteiger partial charge in [0.1, 0.15) is 0 Å². The van der Waals surface area contributed by atoms with E-state index in [0.29, 0.717) is 21.7 Å². The van der Waals surface area contributed by atoms with E-state index in [2.05, 4.69) is 5.43 Å². The van der Waals surface area contributed by atoms with Crippen LogP contribution in [0.2, 0.25) is 0 Å². The van der Waals surface area contributed by atoms with Gasteiger partial charge in [-0.3, -0.25) is 5.84 Å². The predicted octanol–water partition coefficient (Wildman–Crippen LogP) is 0.839. The van der Waals surface area contributed by atoms with Gasteiger partial charge in [0.2, 0.25) is 10.0 Å². The topological polar surface area (TPSA) is 75.4 Å². The van der Waals surface area contributed by atoms with Crippen molar-refractivity contribution in [1.82, 2.24) is 4.31 Å². The van der Waals surface area contributed by atoms with Gasteiger partial charge < -0.3 is 5.43 Å². The van der Waals surface area contributed by atoms with E-state index >= 15 is 0 Å². The molecule has 0 fully saturated rings. The maximum Gasteiger partial charge on any atom is 0.243 e. The van der Waals surface area contributed by atoms with E-state index in [1.807, 2.05) is 0 Å². The molecule has 0 aliphatic rings. The first-order valence-electron chi connectivity index (χ1n) is 4.81. The zero-order valence-electron chi connectivity index (χ0n) is 9.90. The maximum absolute atomic E-state index is 12.0. The molecule has 90 valence electrons. The standard InChI is InChI=1S/C10H17N3O2S/c1-7-5-9(12-11)6-8(2)10(7)16(14,15)13(3)4/h5-6,12H,11H2,1-4H3. The summed E-state index contributed by atoms with van der Waals surface area (Å²) in [6, 6.07) is 3.42. The second-order valence-corrected chi connectivity index (χ2v) is 5.96. The molecule has 0 bridgehead atoms. The van der Waals surface area contributed by atoms with Crippen LogP contribution in [0.1, 0.15) is 11.1 Å². The van der Waals surface area contributed by atoms with E-state index in [0.717, 1.165) is 0 Å². The Labute approximate surface area is 96.3 Å². The Kier molecular flexibility index (Phi) is 3.57. The highest BCUT2D eigenvalue weighted by molar-refractivity contribution is 7.89. The number of nitrogens with zero attached hydrogens (tertiary/aromatic N) is 1. The van der Waals surface area contributed by atoms with Gasteiger partial charge in [-0.05, 0) is 37.1 Å². The number of benzene rings is 1. The lowest BCUT2D eigenvalue weighted by Crippen LogP contribution is -2.24. The van der Waals surface area contributed by atoms with Crippen LogP contribution in [0.3, 0.4) is 0 Å². The molecule has 1 rings (SSSR count). The Morgan fingerprint density at radius 1 is 1.19 bits per heavy atom. The highest BCUT2D eigenvalue weighted by atomic mass is 32.2. The van der Waals surface area contributed by atoms with Crippen molar-refractivity contribution in [3.05, 3.63) is 23.3 Å². The van der Waals surface area contributed by atoms with Gasteiger partial charge in [0.25, 0.3) is 0 Å². The molecule has 3 N–H and O–H groups in total. The minimum Gasteiger partial charge on any atom is -0.324 e. The number of hydrazine groups is 1. The third kappa shape index (κ3) is 2.18. The van der Waals surface area contributed by atoms with E-state index in [-0.39, 0.29) is 0 Å². The lowest BCUT2D eigenvalue weighted by molar-refractivity contribution is 0.519. The van der Waals surface area contributed by atoms with E-state index in [1.54, 1.807) is 26.0 Å². The fourth-order valence-corrected chi connectivity index (χ4v) is 2.92. The molecule has 5 nitrogen and oxygen atoms in total. The zero-order chi connectivity index (χ0) is 12.5. The van der Waals surface area contributed by atoms with E-state index in [1.165, 1.54) is 18.4 Å². The van der Waals surface area contributed by atoms with Gasteiger partial charge in [-0.15, -0.1) is 0 Å².